The number of hydrogen-bond acceptors (Lipinski definition) is 5. The van der Waals surface area contributed by atoms with Gasteiger partial charge in [0.15, 0.2) is 6.10 Å². The summed E-state index contributed by atoms with van der Waals surface area (Å²) in [6.45, 7) is 5.11. The van der Waals surface area contributed by atoms with Gasteiger partial charge in [-0.25, -0.2) is 9.18 Å². The number of carbonyl (C=O) groups is 2. The molecule has 0 saturated carbocycles. The lowest BCUT2D eigenvalue weighted by molar-refractivity contribution is -0.158. The second-order valence-corrected chi connectivity index (χ2v) is 8.27. The quantitative estimate of drug-likeness (QED) is 0.666. The summed E-state index contributed by atoms with van der Waals surface area (Å²) in [5.41, 5.74) is 6.51. The molecule has 0 bridgehead atoms. The van der Waals surface area contributed by atoms with Crippen molar-refractivity contribution in [3.63, 3.8) is 0 Å². The summed E-state index contributed by atoms with van der Waals surface area (Å²) in [6.07, 6.45) is 0.0743. The van der Waals surface area contributed by atoms with Gasteiger partial charge in [-0.05, 0) is 63.4 Å². The van der Waals surface area contributed by atoms with Gasteiger partial charge < -0.3 is 20.5 Å². The molecule has 0 aliphatic carbocycles. The number of nitrogens with two attached hydrogens (primary N) is 1. The van der Waals surface area contributed by atoms with Crippen LogP contribution in [0.15, 0.2) is 36.4 Å². The monoisotopic (exact) mass is 434 g/mol. The molecule has 2 aromatic carbocycles. The lowest BCUT2D eigenvalue weighted by Gasteiger charge is -2.28. The van der Waals surface area contributed by atoms with Gasteiger partial charge in [-0.2, -0.15) is 0 Å². The van der Waals surface area contributed by atoms with Crippen molar-refractivity contribution in [3.8, 4) is 5.75 Å². The highest BCUT2D eigenvalue weighted by atomic mass is 35.5. The van der Waals surface area contributed by atoms with Crippen LogP contribution >= 0.6 is 11.6 Å². The molecule has 2 aromatic rings. The molecule has 0 radical (unpaired) electrons. The Bertz CT molecular complexity index is 959. The van der Waals surface area contributed by atoms with Crippen LogP contribution in [0, 0.1) is 5.82 Å². The van der Waals surface area contributed by atoms with Crippen molar-refractivity contribution in [2.45, 2.75) is 51.4 Å². The molecule has 1 amide bonds. The predicted molar refractivity (Wildman–Crippen MR) is 112 cm³/mol. The van der Waals surface area contributed by atoms with Gasteiger partial charge in [0.05, 0.1) is 5.69 Å². The molecule has 8 heteroatoms. The van der Waals surface area contributed by atoms with Gasteiger partial charge >= 0.3 is 5.97 Å². The standard InChI is InChI=1S/C22H24ClFN2O4/c1-12-20(27)26-17-11-13(7-8-18(17)29-12)19(25)21(28)30-22(2,3)10-9-14-15(23)5-4-6-16(14)24/h4-8,11-12,19H,9-10,25H2,1-3H3,(H,26,27). The van der Waals surface area contributed by atoms with E-state index in [0.29, 0.717) is 40.4 Å². The van der Waals surface area contributed by atoms with Crippen LogP contribution in [-0.2, 0) is 20.7 Å². The largest absolute Gasteiger partial charge is 0.479 e. The van der Waals surface area contributed by atoms with Crippen molar-refractivity contribution >= 4 is 29.2 Å². The van der Waals surface area contributed by atoms with E-state index < -0.39 is 29.5 Å². The van der Waals surface area contributed by atoms with Gasteiger partial charge in [0.2, 0.25) is 0 Å². The van der Waals surface area contributed by atoms with E-state index in [0.717, 1.165) is 0 Å². The van der Waals surface area contributed by atoms with Crippen molar-refractivity contribution in [2.24, 2.45) is 5.73 Å². The number of benzene rings is 2. The minimum Gasteiger partial charge on any atom is -0.479 e. The normalized spacial score (nSPS) is 16.9. The number of halogens is 2. The molecular weight excluding hydrogens is 411 g/mol. The van der Waals surface area contributed by atoms with E-state index in [1.165, 1.54) is 12.1 Å². The van der Waals surface area contributed by atoms with E-state index in [2.05, 4.69) is 5.32 Å². The number of ether oxygens (including phenoxy) is 2. The Hall–Kier alpha value is -2.64. The summed E-state index contributed by atoms with van der Waals surface area (Å²) in [7, 11) is 0. The number of amides is 1. The molecule has 160 valence electrons. The molecule has 1 heterocycles. The molecule has 6 nitrogen and oxygen atoms in total. The fourth-order valence-corrected chi connectivity index (χ4v) is 3.40. The smallest absolute Gasteiger partial charge is 0.328 e. The fourth-order valence-electron chi connectivity index (χ4n) is 3.14. The topological polar surface area (TPSA) is 90.7 Å². The van der Waals surface area contributed by atoms with Crippen molar-refractivity contribution in [2.75, 3.05) is 5.32 Å². The van der Waals surface area contributed by atoms with Crippen molar-refractivity contribution in [1.82, 2.24) is 0 Å². The molecule has 2 atom stereocenters. The molecule has 2 unspecified atom stereocenters. The molecule has 1 aliphatic rings. The fraction of sp³-hybridized carbons (Fsp3) is 0.364. The van der Waals surface area contributed by atoms with Crippen LogP contribution < -0.4 is 15.8 Å². The second-order valence-electron chi connectivity index (χ2n) is 7.86. The van der Waals surface area contributed by atoms with Crippen LogP contribution in [0.25, 0.3) is 0 Å². The van der Waals surface area contributed by atoms with E-state index in [9.17, 15) is 14.0 Å². The summed E-state index contributed by atoms with van der Waals surface area (Å²) in [4.78, 5) is 24.4. The highest BCUT2D eigenvalue weighted by Crippen LogP contribution is 2.33. The average Bonchev–Trinajstić information content (AvgIpc) is 2.67. The summed E-state index contributed by atoms with van der Waals surface area (Å²) in [5, 5.41) is 3.06. The lowest BCUT2D eigenvalue weighted by Crippen LogP contribution is -2.35. The van der Waals surface area contributed by atoms with Gasteiger partial charge in [-0.3, -0.25) is 4.79 Å². The van der Waals surface area contributed by atoms with E-state index in [4.69, 9.17) is 26.8 Å². The van der Waals surface area contributed by atoms with Gasteiger partial charge in [-0.15, -0.1) is 0 Å². The second kappa shape index (κ2) is 8.62. The van der Waals surface area contributed by atoms with Gasteiger partial charge in [0.1, 0.15) is 23.2 Å². The molecular formula is C22H24ClFN2O4. The van der Waals surface area contributed by atoms with Crippen LogP contribution in [0.4, 0.5) is 10.1 Å². The Balaban J connectivity index is 1.66. The summed E-state index contributed by atoms with van der Waals surface area (Å²) in [5.74, 6) is -0.790. The zero-order chi connectivity index (χ0) is 22.1. The first-order chi connectivity index (χ1) is 14.1. The van der Waals surface area contributed by atoms with Crippen molar-refractivity contribution < 1.29 is 23.5 Å². The Morgan fingerprint density at radius 3 is 2.80 bits per heavy atom. The number of nitrogens with one attached hydrogen (secondary N) is 1. The van der Waals surface area contributed by atoms with E-state index >= 15 is 0 Å². The number of esters is 1. The third kappa shape index (κ3) is 4.91. The first kappa shape index (κ1) is 22.1. The average molecular weight is 435 g/mol. The van der Waals surface area contributed by atoms with Gasteiger partial charge in [-0.1, -0.05) is 23.7 Å². The Morgan fingerprint density at radius 2 is 2.10 bits per heavy atom. The highest BCUT2D eigenvalue weighted by molar-refractivity contribution is 6.31. The van der Waals surface area contributed by atoms with Crippen LogP contribution in [0.2, 0.25) is 5.02 Å². The van der Waals surface area contributed by atoms with Gasteiger partial charge in [0.25, 0.3) is 5.91 Å². The first-order valence-corrected chi connectivity index (χ1v) is 9.98. The predicted octanol–water partition coefficient (Wildman–Crippen LogP) is 4.15. The third-order valence-corrected chi connectivity index (χ3v) is 5.32. The minimum atomic E-state index is -1.05. The van der Waals surface area contributed by atoms with Crippen molar-refractivity contribution in [3.05, 3.63) is 58.4 Å². The van der Waals surface area contributed by atoms with Crippen LogP contribution in [0.3, 0.4) is 0 Å². The molecule has 30 heavy (non-hydrogen) atoms. The number of rotatable bonds is 6. The number of carbonyl (C=O) groups excluding carboxylic acids is 2. The van der Waals surface area contributed by atoms with Crippen LogP contribution in [-0.4, -0.2) is 23.6 Å². The van der Waals surface area contributed by atoms with E-state index in [-0.39, 0.29) is 5.91 Å². The zero-order valence-corrected chi connectivity index (χ0v) is 17.8. The Morgan fingerprint density at radius 1 is 1.37 bits per heavy atom. The molecule has 0 aromatic heterocycles. The molecule has 0 saturated heterocycles. The zero-order valence-electron chi connectivity index (χ0n) is 17.0. The summed E-state index contributed by atoms with van der Waals surface area (Å²) >= 11 is 6.06. The minimum absolute atomic E-state index is 0.274. The number of fused-ring (bicyclic) bond motifs is 1. The third-order valence-electron chi connectivity index (χ3n) is 4.96. The molecule has 0 fully saturated rings. The first-order valence-electron chi connectivity index (χ1n) is 9.60. The maximum absolute atomic E-state index is 14.0. The SMILES string of the molecule is CC1Oc2ccc(C(N)C(=O)OC(C)(C)CCc3c(F)cccc3Cl)cc2NC1=O. The summed E-state index contributed by atoms with van der Waals surface area (Å²) in [6, 6.07) is 8.35. The Labute approximate surface area is 179 Å². The van der Waals surface area contributed by atoms with E-state index in [1.807, 2.05) is 0 Å². The summed E-state index contributed by atoms with van der Waals surface area (Å²) < 4.78 is 25.1. The van der Waals surface area contributed by atoms with Crippen LogP contribution in [0.5, 0.6) is 5.75 Å². The van der Waals surface area contributed by atoms with Crippen molar-refractivity contribution in [1.29, 1.82) is 0 Å². The van der Waals surface area contributed by atoms with E-state index in [1.54, 1.807) is 45.0 Å². The molecule has 0 spiro atoms. The lowest BCUT2D eigenvalue weighted by atomic mass is 9.97. The van der Waals surface area contributed by atoms with Gasteiger partial charge in [0, 0.05) is 10.6 Å². The number of hydrogen-bond donors (Lipinski definition) is 2. The highest BCUT2D eigenvalue weighted by Gasteiger charge is 2.29. The molecule has 3 N–H and O–H groups in total. The van der Waals surface area contributed by atoms with Crippen LogP contribution in [0.1, 0.15) is 44.4 Å². The molecule has 3 rings (SSSR count). The Kier molecular flexibility index (Phi) is 6.33. The maximum Gasteiger partial charge on any atom is 0.328 e. The number of anilines is 1. The maximum atomic E-state index is 14.0. The molecule has 1 aliphatic heterocycles.